The van der Waals surface area contributed by atoms with Crippen molar-refractivity contribution < 1.29 is 24.2 Å². The fourth-order valence-corrected chi connectivity index (χ4v) is 11.5. The first-order chi connectivity index (χ1) is 42.6. The van der Waals surface area contributed by atoms with Crippen LogP contribution in [0.4, 0.5) is 0 Å². The maximum absolute atomic E-state index is 12.4. The van der Waals surface area contributed by atoms with Gasteiger partial charge in [-0.15, -0.1) is 0 Å². The van der Waals surface area contributed by atoms with E-state index in [2.05, 4.69) is 98.9 Å². The van der Waals surface area contributed by atoms with Crippen molar-refractivity contribution in [3.63, 3.8) is 0 Å². The monoisotopic (exact) mass is 1200 g/mol. The van der Waals surface area contributed by atoms with Gasteiger partial charge in [-0.1, -0.05) is 381 Å². The van der Waals surface area contributed by atoms with Crippen LogP contribution in [0.2, 0.25) is 0 Å². The van der Waals surface area contributed by atoms with Crippen LogP contribution in [0, 0.1) is 0 Å². The Hall–Kier alpha value is -2.92. The van der Waals surface area contributed by atoms with Gasteiger partial charge in [0.05, 0.1) is 6.61 Å². The van der Waals surface area contributed by atoms with Gasteiger partial charge in [-0.05, 0) is 89.9 Å². The molecule has 0 aromatic heterocycles. The van der Waals surface area contributed by atoms with Crippen LogP contribution in [-0.2, 0) is 19.1 Å². The van der Waals surface area contributed by atoms with Gasteiger partial charge in [-0.2, -0.15) is 0 Å². The molecule has 0 saturated heterocycles. The molecule has 0 saturated carbocycles. The smallest absolute Gasteiger partial charge is 0.306 e. The van der Waals surface area contributed by atoms with Crippen molar-refractivity contribution in [2.45, 2.75) is 405 Å². The lowest BCUT2D eigenvalue weighted by molar-refractivity contribution is -0.161. The lowest BCUT2D eigenvalue weighted by atomic mass is 10.0. The summed E-state index contributed by atoms with van der Waals surface area (Å²) in [7, 11) is 0. The molecule has 5 heteroatoms. The molecule has 0 rings (SSSR count). The summed E-state index contributed by atoms with van der Waals surface area (Å²) in [6, 6.07) is 0. The quantitative estimate of drug-likeness (QED) is 0.0373. The van der Waals surface area contributed by atoms with Gasteiger partial charge in [0.15, 0.2) is 6.10 Å². The molecule has 0 radical (unpaired) electrons. The van der Waals surface area contributed by atoms with Crippen LogP contribution in [0.25, 0.3) is 0 Å². The molecule has 0 aromatic carbocycles. The molecule has 1 unspecified atom stereocenters. The summed E-state index contributed by atoms with van der Waals surface area (Å²) < 4.78 is 10.8. The zero-order valence-electron chi connectivity index (χ0n) is 57.6. The normalized spacial score (nSPS) is 12.6. The Balaban J connectivity index is 3.40. The van der Waals surface area contributed by atoms with Crippen LogP contribution < -0.4 is 0 Å². The lowest BCUT2D eigenvalue weighted by Crippen LogP contribution is -2.28. The first kappa shape index (κ1) is 83.1. The van der Waals surface area contributed by atoms with E-state index < -0.39 is 6.10 Å². The molecule has 1 N–H and O–H groups in total. The summed E-state index contributed by atoms with van der Waals surface area (Å²) in [6.07, 6.45) is 108. The van der Waals surface area contributed by atoms with Crippen molar-refractivity contribution in [3.05, 3.63) is 85.1 Å². The standard InChI is InChI=1S/C81H146O5/c1-3-5-7-9-11-13-15-17-19-21-23-25-27-29-31-33-35-37-39-40-42-44-46-48-50-52-54-56-58-60-62-64-66-68-70-72-74-76-81(84)86-79(77-82)78-85-80(83)75-73-71-69-67-65-63-61-59-57-55-53-51-49-47-45-43-41-38-36-34-32-30-28-26-24-22-20-18-16-14-12-10-8-6-4-2/h5,7,11,13,17,19,22-25,29,31,35,37,79,82H,3-4,6,8-10,12,14-16,18,20-21,26-28,30,32-34,36,38-78H2,1-2H3/b7-5-,13-11-,19-17-,24-22-,25-23-,31-29-,37-35-. The van der Waals surface area contributed by atoms with Crippen LogP contribution in [0.15, 0.2) is 85.1 Å². The maximum Gasteiger partial charge on any atom is 0.306 e. The highest BCUT2D eigenvalue weighted by Crippen LogP contribution is 2.19. The number of aliphatic hydroxyl groups excluding tert-OH is 1. The summed E-state index contributed by atoms with van der Waals surface area (Å²) in [5.41, 5.74) is 0. The van der Waals surface area contributed by atoms with E-state index in [1.165, 1.54) is 295 Å². The number of unbranched alkanes of at least 4 members (excludes halogenated alkanes) is 49. The Morgan fingerprint density at radius 2 is 0.500 bits per heavy atom. The molecule has 1 atom stereocenters. The molecule has 5 nitrogen and oxygen atoms in total. The number of hydrogen-bond acceptors (Lipinski definition) is 5. The second-order valence-corrected chi connectivity index (χ2v) is 25.7. The number of esters is 2. The second-order valence-electron chi connectivity index (χ2n) is 25.7. The first-order valence-corrected chi connectivity index (χ1v) is 38.1. The molecule has 0 aromatic rings. The Morgan fingerprint density at radius 1 is 0.279 bits per heavy atom. The van der Waals surface area contributed by atoms with E-state index >= 15 is 0 Å². The maximum atomic E-state index is 12.4. The van der Waals surface area contributed by atoms with Crippen LogP contribution in [0.5, 0.6) is 0 Å². The van der Waals surface area contributed by atoms with Gasteiger partial charge in [-0.25, -0.2) is 0 Å². The average Bonchev–Trinajstić information content (AvgIpc) is 3.53. The second kappa shape index (κ2) is 76.3. The predicted molar refractivity (Wildman–Crippen MR) is 380 cm³/mol. The fraction of sp³-hybridized carbons (Fsp3) is 0.802. The Kier molecular flexibility index (Phi) is 73.7. The van der Waals surface area contributed by atoms with Gasteiger partial charge in [0.25, 0.3) is 0 Å². The molecule has 0 aliphatic rings. The zero-order valence-corrected chi connectivity index (χ0v) is 57.6. The van der Waals surface area contributed by atoms with Crippen LogP contribution in [0.1, 0.15) is 399 Å². The molecule has 0 amide bonds. The van der Waals surface area contributed by atoms with Gasteiger partial charge in [-0.3, -0.25) is 9.59 Å². The largest absolute Gasteiger partial charge is 0.462 e. The number of ether oxygens (including phenoxy) is 2. The number of allylic oxidation sites excluding steroid dienone is 14. The topological polar surface area (TPSA) is 72.8 Å². The van der Waals surface area contributed by atoms with Gasteiger partial charge in [0.2, 0.25) is 0 Å². The van der Waals surface area contributed by atoms with Gasteiger partial charge in [0.1, 0.15) is 6.61 Å². The van der Waals surface area contributed by atoms with E-state index in [4.69, 9.17) is 9.47 Å². The highest BCUT2D eigenvalue weighted by molar-refractivity contribution is 5.70. The molecule has 0 aliphatic heterocycles. The minimum atomic E-state index is -0.774. The SMILES string of the molecule is CC/C=C\C/C=C\C/C=C\C/C=C\C/C=C\C/C=C\CCCCCCCCCCCCCCCCCCCCC(=O)OC(CO)COC(=O)CCCCCCCCCCCCCCCCCCCCCCCCC/C=C\CCCCCCCCCC. The summed E-state index contributed by atoms with van der Waals surface area (Å²) in [6.45, 7) is 4.08. The van der Waals surface area contributed by atoms with Crippen molar-refractivity contribution in [1.29, 1.82) is 0 Å². The highest BCUT2D eigenvalue weighted by Gasteiger charge is 2.16. The van der Waals surface area contributed by atoms with Crippen LogP contribution >= 0.6 is 0 Å². The molecule has 0 bridgehead atoms. The molecule has 0 spiro atoms. The molecule has 0 fully saturated rings. The number of carbonyl (C=O) groups is 2. The van der Waals surface area contributed by atoms with Crippen molar-refractivity contribution in [1.82, 2.24) is 0 Å². The number of aliphatic hydroxyl groups is 1. The van der Waals surface area contributed by atoms with E-state index in [9.17, 15) is 14.7 Å². The fourth-order valence-electron chi connectivity index (χ4n) is 11.5. The van der Waals surface area contributed by atoms with E-state index in [1.54, 1.807) is 0 Å². The summed E-state index contributed by atoms with van der Waals surface area (Å²) >= 11 is 0. The minimum absolute atomic E-state index is 0.0622. The summed E-state index contributed by atoms with van der Waals surface area (Å²) in [5, 5.41) is 9.72. The molecular formula is C81H146O5. The third-order valence-corrected chi connectivity index (χ3v) is 17.2. The van der Waals surface area contributed by atoms with Crippen molar-refractivity contribution in [2.24, 2.45) is 0 Å². The molecule has 500 valence electrons. The van der Waals surface area contributed by atoms with Crippen molar-refractivity contribution >= 4 is 11.9 Å². The van der Waals surface area contributed by atoms with Crippen molar-refractivity contribution in [3.8, 4) is 0 Å². The predicted octanol–water partition coefficient (Wildman–Crippen LogP) is 26.8. The van der Waals surface area contributed by atoms with Crippen LogP contribution in [0.3, 0.4) is 0 Å². The van der Waals surface area contributed by atoms with E-state index in [1.807, 2.05) is 0 Å². The number of carbonyl (C=O) groups excluding carboxylic acids is 2. The van der Waals surface area contributed by atoms with Gasteiger partial charge >= 0.3 is 11.9 Å². The van der Waals surface area contributed by atoms with Gasteiger partial charge in [0, 0.05) is 12.8 Å². The molecule has 86 heavy (non-hydrogen) atoms. The van der Waals surface area contributed by atoms with E-state index in [0.29, 0.717) is 12.8 Å². The van der Waals surface area contributed by atoms with Gasteiger partial charge < -0.3 is 14.6 Å². The summed E-state index contributed by atoms with van der Waals surface area (Å²) in [4.78, 5) is 24.7. The Labute approximate surface area is 536 Å². The Morgan fingerprint density at radius 3 is 0.767 bits per heavy atom. The van der Waals surface area contributed by atoms with Crippen molar-refractivity contribution in [2.75, 3.05) is 13.2 Å². The minimum Gasteiger partial charge on any atom is -0.462 e. The number of hydrogen-bond donors (Lipinski definition) is 1. The molecule has 0 aliphatic carbocycles. The molecule has 0 heterocycles. The average molecular weight is 1200 g/mol. The Bertz CT molecular complexity index is 1550. The highest BCUT2D eigenvalue weighted by atomic mass is 16.6. The van der Waals surface area contributed by atoms with Crippen LogP contribution in [-0.4, -0.2) is 36.4 Å². The van der Waals surface area contributed by atoms with E-state index in [0.717, 1.165) is 77.0 Å². The third kappa shape index (κ3) is 73.5. The first-order valence-electron chi connectivity index (χ1n) is 38.1. The molecular weight excluding hydrogens is 1050 g/mol. The number of rotatable bonds is 71. The summed E-state index contributed by atoms with van der Waals surface area (Å²) in [5.74, 6) is -0.570. The zero-order chi connectivity index (χ0) is 61.9. The van der Waals surface area contributed by atoms with E-state index in [-0.39, 0.29) is 25.2 Å². The third-order valence-electron chi connectivity index (χ3n) is 17.2. The lowest BCUT2D eigenvalue weighted by Gasteiger charge is -2.15.